The van der Waals surface area contributed by atoms with E-state index < -0.39 is 0 Å². The van der Waals surface area contributed by atoms with Gasteiger partial charge in [-0.3, -0.25) is 0 Å². The first-order valence-electron chi connectivity index (χ1n) is 4.98. The zero-order valence-corrected chi connectivity index (χ0v) is 7.47. The zero-order chi connectivity index (χ0) is 8.44. The number of hydrogen-bond donors (Lipinski definition) is 1. The van der Waals surface area contributed by atoms with Crippen LogP contribution < -0.4 is 5.32 Å². The summed E-state index contributed by atoms with van der Waals surface area (Å²) in [6.45, 7) is 2.02. The van der Waals surface area contributed by atoms with Crippen molar-refractivity contribution >= 4 is 0 Å². The van der Waals surface area contributed by atoms with Crippen molar-refractivity contribution in [2.45, 2.75) is 32.1 Å². The first kappa shape index (κ1) is 8.07. The average molecular weight is 164 g/mol. The SMILES string of the molecule is N#CC1CNCC12CCCCC2. The fraction of sp³-hybridized carbons (Fsp3) is 0.900. The van der Waals surface area contributed by atoms with E-state index in [1.54, 1.807) is 0 Å². The fourth-order valence-corrected chi connectivity index (χ4v) is 2.77. The van der Waals surface area contributed by atoms with E-state index in [-0.39, 0.29) is 5.92 Å². The highest BCUT2D eigenvalue weighted by Gasteiger charge is 2.43. The Labute approximate surface area is 74.0 Å². The Hall–Kier alpha value is -0.550. The Bertz CT molecular complexity index is 198. The van der Waals surface area contributed by atoms with Gasteiger partial charge in [0.1, 0.15) is 0 Å². The summed E-state index contributed by atoms with van der Waals surface area (Å²) in [7, 11) is 0. The van der Waals surface area contributed by atoms with Gasteiger partial charge < -0.3 is 5.32 Å². The molecule has 0 bridgehead atoms. The van der Waals surface area contributed by atoms with Crippen molar-refractivity contribution in [1.29, 1.82) is 5.26 Å². The molecular weight excluding hydrogens is 148 g/mol. The van der Waals surface area contributed by atoms with E-state index in [0.717, 1.165) is 13.1 Å². The first-order valence-corrected chi connectivity index (χ1v) is 4.98. The maximum Gasteiger partial charge on any atom is 0.0675 e. The maximum absolute atomic E-state index is 8.99. The molecule has 0 aromatic carbocycles. The molecule has 1 N–H and O–H groups in total. The van der Waals surface area contributed by atoms with Gasteiger partial charge in [-0.15, -0.1) is 0 Å². The van der Waals surface area contributed by atoms with Crippen LogP contribution in [0, 0.1) is 22.7 Å². The number of rotatable bonds is 0. The van der Waals surface area contributed by atoms with Crippen LogP contribution in [0.15, 0.2) is 0 Å². The van der Waals surface area contributed by atoms with Gasteiger partial charge in [-0.1, -0.05) is 19.3 Å². The van der Waals surface area contributed by atoms with Gasteiger partial charge in [0.25, 0.3) is 0 Å². The Balaban J connectivity index is 2.12. The van der Waals surface area contributed by atoms with Crippen LogP contribution in [0.4, 0.5) is 0 Å². The van der Waals surface area contributed by atoms with E-state index in [2.05, 4.69) is 11.4 Å². The lowest BCUT2D eigenvalue weighted by molar-refractivity contribution is 0.179. The Morgan fingerprint density at radius 3 is 2.67 bits per heavy atom. The van der Waals surface area contributed by atoms with Crippen LogP contribution in [0.25, 0.3) is 0 Å². The smallest absolute Gasteiger partial charge is 0.0675 e. The van der Waals surface area contributed by atoms with E-state index in [1.807, 2.05) is 0 Å². The lowest BCUT2D eigenvalue weighted by Gasteiger charge is -2.34. The maximum atomic E-state index is 8.99. The fourth-order valence-electron chi connectivity index (χ4n) is 2.77. The number of nitriles is 1. The molecule has 2 heteroatoms. The van der Waals surface area contributed by atoms with Crippen LogP contribution in [0.5, 0.6) is 0 Å². The average Bonchev–Trinajstić information content (AvgIpc) is 2.49. The monoisotopic (exact) mass is 164 g/mol. The lowest BCUT2D eigenvalue weighted by Crippen LogP contribution is -2.31. The molecule has 2 fully saturated rings. The van der Waals surface area contributed by atoms with Crippen molar-refractivity contribution in [3.8, 4) is 6.07 Å². The summed E-state index contributed by atoms with van der Waals surface area (Å²) < 4.78 is 0. The summed E-state index contributed by atoms with van der Waals surface area (Å²) in [5.41, 5.74) is 0.368. The Morgan fingerprint density at radius 2 is 2.00 bits per heavy atom. The van der Waals surface area contributed by atoms with Crippen molar-refractivity contribution in [3.63, 3.8) is 0 Å². The van der Waals surface area contributed by atoms with Crippen molar-refractivity contribution in [2.24, 2.45) is 11.3 Å². The van der Waals surface area contributed by atoms with E-state index >= 15 is 0 Å². The van der Waals surface area contributed by atoms with Gasteiger partial charge in [0.2, 0.25) is 0 Å². The third kappa shape index (κ3) is 1.13. The summed E-state index contributed by atoms with van der Waals surface area (Å²) in [6.07, 6.45) is 6.59. The minimum atomic E-state index is 0.290. The molecule has 1 saturated carbocycles. The minimum Gasteiger partial charge on any atom is -0.315 e. The molecule has 1 spiro atoms. The molecular formula is C10H16N2. The van der Waals surface area contributed by atoms with Gasteiger partial charge in [-0.05, 0) is 18.3 Å². The van der Waals surface area contributed by atoms with E-state index in [9.17, 15) is 0 Å². The van der Waals surface area contributed by atoms with Crippen molar-refractivity contribution in [2.75, 3.05) is 13.1 Å². The van der Waals surface area contributed by atoms with E-state index in [0.29, 0.717) is 5.41 Å². The van der Waals surface area contributed by atoms with Crippen molar-refractivity contribution in [3.05, 3.63) is 0 Å². The second kappa shape index (κ2) is 3.06. The molecule has 12 heavy (non-hydrogen) atoms. The molecule has 0 amide bonds. The minimum absolute atomic E-state index is 0.290. The van der Waals surface area contributed by atoms with Gasteiger partial charge in [-0.2, -0.15) is 5.26 Å². The molecule has 1 aliphatic heterocycles. The number of hydrogen-bond acceptors (Lipinski definition) is 2. The predicted octanol–water partition coefficient (Wildman–Crippen LogP) is 1.68. The summed E-state index contributed by atoms with van der Waals surface area (Å²) in [5.74, 6) is 0.290. The summed E-state index contributed by atoms with van der Waals surface area (Å²) >= 11 is 0. The molecule has 0 aromatic heterocycles. The molecule has 66 valence electrons. The standard InChI is InChI=1S/C10H16N2/c11-6-9-7-12-8-10(9)4-2-1-3-5-10/h9,12H,1-5,7-8H2. The van der Waals surface area contributed by atoms with Crippen LogP contribution >= 0.6 is 0 Å². The number of nitrogens with zero attached hydrogens (tertiary/aromatic N) is 1. The summed E-state index contributed by atoms with van der Waals surface area (Å²) in [4.78, 5) is 0. The summed E-state index contributed by atoms with van der Waals surface area (Å²) in [6, 6.07) is 2.46. The molecule has 0 aromatic rings. The molecule has 0 radical (unpaired) electrons. The van der Waals surface area contributed by atoms with Crippen LogP contribution in [-0.2, 0) is 0 Å². The van der Waals surface area contributed by atoms with E-state index in [1.165, 1.54) is 32.1 Å². The predicted molar refractivity (Wildman–Crippen MR) is 47.5 cm³/mol. The third-order valence-corrected chi connectivity index (χ3v) is 3.57. The highest BCUT2D eigenvalue weighted by molar-refractivity contribution is 5.05. The molecule has 1 atom stereocenters. The lowest BCUT2D eigenvalue weighted by atomic mass is 9.68. The largest absolute Gasteiger partial charge is 0.315 e. The highest BCUT2D eigenvalue weighted by Crippen LogP contribution is 2.44. The zero-order valence-electron chi connectivity index (χ0n) is 7.47. The van der Waals surface area contributed by atoms with Gasteiger partial charge in [0, 0.05) is 13.1 Å². The topological polar surface area (TPSA) is 35.8 Å². The third-order valence-electron chi connectivity index (χ3n) is 3.57. The molecule has 2 rings (SSSR count). The van der Waals surface area contributed by atoms with Crippen LogP contribution in [0.3, 0.4) is 0 Å². The van der Waals surface area contributed by atoms with Gasteiger partial charge in [0.15, 0.2) is 0 Å². The molecule has 1 aliphatic carbocycles. The van der Waals surface area contributed by atoms with Crippen molar-refractivity contribution < 1.29 is 0 Å². The van der Waals surface area contributed by atoms with Gasteiger partial charge >= 0.3 is 0 Å². The van der Waals surface area contributed by atoms with Crippen molar-refractivity contribution in [1.82, 2.24) is 5.32 Å². The molecule has 1 unspecified atom stereocenters. The molecule has 1 heterocycles. The van der Waals surface area contributed by atoms with Gasteiger partial charge in [0.05, 0.1) is 12.0 Å². The first-order chi connectivity index (χ1) is 5.87. The normalized spacial score (nSPS) is 33.4. The van der Waals surface area contributed by atoms with Crippen LogP contribution in [0.1, 0.15) is 32.1 Å². The molecule has 2 nitrogen and oxygen atoms in total. The second-order valence-electron chi connectivity index (χ2n) is 4.24. The highest BCUT2D eigenvalue weighted by atomic mass is 14.9. The van der Waals surface area contributed by atoms with Gasteiger partial charge in [-0.25, -0.2) is 0 Å². The molecule has 2 aliphatic rings. The molecule has 1 saturated heterocycles. The van der Waals surface area contributed by atoms with E-state index in [4.69, 9.17) is 5.26 Å². The Morgan fingerprint density at radius 1 is 1.25 bits per heavy atom. The van der Waals surface area contributed by atoms with Crippen LogP contribution in [-0.4, -0.2) is 13.1 Å². The summed E-state index contributed by atoms with van der Waals surface area (Å²) in [5, 5.41) is 12.4. The number of nitrogens with one attached hydrogen (secondary N) is 1. The second-order valence-corrected chi connectivity index (χ2v) is 4.24. The van der Waals surface area contributed by atoms with Crippen LogP contribution in [0.2, 0.25) is 0 Å². The quantitative estimate of drug-likeness (QED) is 0.591. The Kier molecular flexibility index (Phi) is 2.06.